The third-order valence-electron chi connectivity index (χ3n) is 2.74. The zero-order chi connectivity index (χ0) is 15.3. The maximum absolute atomic E-state index is 12.5. The molecule has 2 amide bonds. The molecule has 6 heteroatoms. The number of ether oxygens (including phenoxy) is 1. The number of rotatable bonds is 6. The van der Waals surface area contributed by atoms with E-state index in [4.69, 9.17) is 16.2 Å². The van der Waals surface area contributed by atoms with E-state index in [2.05, 4.69) is 0 Å². The fourth-order valence-corrected chi connectivity index (χ4v) is 1.93. The lowest BCUT2D eigenvalue weighted by molar-refractivity contribution is -0.118. The van der Waals surface area contributed by atoms with Crippen molar-refractivity contribution in [3.8, 4) is 5.75 Å². The van der Waals surface area contributed by atoms with Crippen molar-refractivity contribution >= 4 is 17.5 Å². The number of methoxy groups -OCH3 is 1. The van der Waals surface area contributed by atoms with E-state index in [1.165, 1.54) is 12.0 Å². The smallest absolute Gasteiger partial charge is 0.256 e. The Morgan fingerprint density at radius 3 is 2.50 bits per heavy atom. The first-order valence-corrected chi connectivity index (χ1v) is 6.36. The molecular formula is C14H21N3O3. The molecule has 110 valence electrons. The van der Waals surface area contributed by atoms with Crippen molar-refractivity contribution in [3.63, 3.8) is 0 Å². The number of para-hydroxylation sites is 1. The predicted octanol–water partition coefficient (Wildman–Crippen LogP) is 0.861. The topological polar surface area (TPSA) is 98.6 Å². The van der Waals surface area contributed by atoms with E-state index in [0.717, 1.165) is 0 Å². The lowest BCUT2D eigenvalue weighted by Crippen LogP contribution is -2.40. The van der Waals surface area contributed by atoms with Crippen LogP contribution in [0.25, 0.3) is 0 Å². The van der Waals surface area contributed by atoms with Crippen molar-refractivity contribution in [2.75, 3.05) is 25.9 Å². The first kappa shape index (κ1) is 15.8. The number of nitrogens with two attached hydrogens (primary N) is 2. The quantitative estimate of drug-likeness (QED) is 0.754. The summed E-state index contributed by atoms with van der Waals surface area (Å²) < 4.78 is 5.09. The monoisotopic (exact) mass is 279 g/mol. The van der Waals surface area contributed by atoms with Crippen molar-refractivity contribution in [1.29, 1.82) is 0 Å². The fraction of sp³-hybridized carbons (Fsp3) is 0.429. The number of hydrogen-bond donors (Lipinski definition) is 2. The summed E-state index contributed by atoms with van der Waals surface area (Å²) in [6, 6.07) is 4.96. The predicted molar refractivity (Wildman–Crippen MR) is 77.3 cm³/mol. The molecule has 1 rings (SSSR count). The summed E-state index contributed by atoms with van der Waals surface area (Å²) >= 11 is 0. The van der Waals surface area contributed by atoms with Gasteiger partial charge in [0.25, 0.3) is 5.91 Å². The van der Waals surface area contributed by atoms with Crippen LogP contribution in [0.5, 0.6) is 5.75 Å². The molecule has 0 fully saturated rings. The molecule has 0 saturated carbocycles. The van der Waals surface area contributed by atoms with Crippen LogP contribution >= 0.6 is 0 Å². The van der Waals surface area contributed by atoms with Crippen molar-refractivity contribution in [2.45, 2.75) is 13.8 Å². The van der Waals surface area contributed by atoms with E-state index < -0.39 is 5.91 Å². The van der Waals surface area contributed by atoms with Gasteiger partial charge in [0.2, 0.25) is 5.91 Å². The molecule has 20 heavy (non-hydrogen) atoms. The second-order valence-electron chi connectivity index (χ2n) is 4.97. The first-order chi connectivity index (χ1) is 9.36. The molecule has 1 aromatic carbocycles. The van der Waals surface area contributed by atoms with E-state index in [1.807, 2.05) is 13.8 Å². The summed E-state index contributed by atoms with van der Waals surface area (Å²) in [5.74, 6) is -0.237. The van der Waals surface area contributed by atoms with E-state index >= 15 is 0 Å². The van der Waals surface area contributed by atoms with Crippen LogP contribution in [0.4, 0.5) is 5.69 Å². The molecule has 0 atom stereocenters. The minimum absolute atomic E-state index is 0.131. The summed E-state index contributed by atoms with van der Waals surface area (Å²) in [4.78, 5) is 25.0. The molecule has 0 aliphatic carbocycles. The van der Waals surface area contributed by atoms with Crippen molar-refractivity contribution in [3.05, 3.63) is 23.8 Å². The van der Waals surface area contributed by atoms with Gasteiger partial charge in [-0.15, -0.1) is 0 Å². The molecule has 0 unspecified atom stereocenters. The minimum atomic E-state index is -0.555. The van der Waals surface area contributed by atoms with E-state index in [1.54, 1.807) is 18.2 Å². The van der Waals surface area contributed by atoms with Gasteiger partial charge in [0.15, 0.2) is 0 Å². The Morgan fingerprint density at radius 2 is 2.00 bits per heavy atom. The van der Waals surface area contributed by atoms with Gasteiger partial charge in [-0.3, -0.25) is 9.59 Å². The van der Waals surface area contributed by atoms with E-state index in [0.29, 0.717) is 17.9 Å². The lowest BCUT2D eigenvalue weighted by Gasteiger charge is -2.24. The molecule has 0 aromatic heterocycles. The SMILES string of the molecule is COc1cccc(C(=O)N(CC(N)=O)CC(C)C)c1N. The van der Waals surface area contributed by atoms with Gasteiger partial charge in [0, 0.05) is 6.54 Å². The molecule has 0 heterocycles. The van der Waals surface area contributed by atoms with Crippen molar-refractivity contribution < 1.29 is 14.3 Å². The maximum atomic E-state index is 12.5. The Balaban J connectivity index is 3.08. The summed E-state index contributed by atoms with van der Waals surface area (Å²) in [5, 5.41) is 0. The molecule has 0 spiro atoms. The number of primary amides is 1. The van der Waals surface area contributed by atoms with Gasteiger partial charge in [0.05, 0.1) is 24.9 Å². The van der Waals surface area contributed by atoms with Crippen molar-refractivity contribution in [1.82, 2.24) is 4.90 Å². The zero-order valence-corrected chi connectivity index (χ0v) is 12.1. The molecular weight excluding hydrogens is 258 g/mol. The standard InChI is InChI=1S/C14H21N3O3/c1-9(2)7-17(8-12(15)18)14(19)10-5-4-6-11(20-3)13(10)16/h4-6,9H,7-8,16H2,1-3H3,(H2,15,18). The number of nitrogens with zero attached hydrogens (tertiary/aromatic N) is 1. The van der Waals surface area contributed by atoms with Crippen LogP contribution in [-0.2, 0) is 4.79 Å². The van der Waals surface area contributed by atoms with Crippen LogP contribution in [-0.4, -0.2) is 36.9 Å². The van der Waals surface area contributed by atoms with E-state index in [-0.39, 0.29) is 24.1 Å². The molecule has 0 radical (unpaired) electrons. The lowest BCUT2D eigenvalue weighted by atomic mass is 10.1. The van der Waals surface area contributed by atoms with Crippen LogP contribution in [0.1, 0.15) is 24.2 Å². The average Bonchev–Trinajstić information content (AvgIpc) is 2.36. The molecule has 0 aliphatic rings. The van der Waals surface area contributed by atoms with Gasteiger partial charge >= 0.3 is 0 Å². The number of carbonyl (C=O) groups is 2. The second kappa shape index (κ2) is 6.79. The van der Waals surface area contributed by atoms with Gasteiger partial charge < -0.3 is 21.1 Å². The van der Waals surface area contributed by atoms with Crippen LogP contribution in [0, 0.1) is 5.92 Å². The van der Waals surface area contributed by atoms with Crippen LogP contribution in [0.3, 0.4) is 0 Å². The normalized spacial score (nSPS) is 10.4. The highest BCUT2D eigenvalue weighted by molar-refractivity contribution is 6.01. The van der Waals surface area contributed by atoms with Crippen LogP contribution < -0.4 is 16.2 Å². The van der Waals surface area contributed by atoms with Crippen molar-refractivity contribution in [2.24, 2.45) is 11.7 Å². The average molecular weight is 279 g/mol. The number of carbonyl (C=O) groups excluding carboxylic acids is 2. The Bertz CT molecular complexity index is 500. The minimum Gasteiger partial charge on any atom is -0.495 e. The fourth-order valence-electron chi connectivity index (χ4n) is 1.93. The van der Waals surface area contributed by atoms with E-state index in [9.17, 15) is 9.59 Å². The summed E-state index contributed by atoms with van der Waals surface area (Å²) in [5.41, 5.74) is 11.7. The van der Waals surface area contributed by atoms with Gasteiger partial charge in [-0.1, -0.05) is 19.9 Å². The summed E-state index contributed by atoms with van der Waals surface area (Å²) in [6.45, 7) is 4.21. The number of amides is 2. The Kier molecular flexibility index (Phi) is 5.37. The second-order valence-corrected chi connectivity index (χ2v) is 4.97. The Labute approximate surface area is 118 Å². The van der Waals surface area contributed by atoms with Crippen LogP contribution in [0.2, 0.25) is 0 Å². The molecule has 4 N–H and O–H groups in total. The van der Waals surface area contributed by atoms with Gasteiger partial charge in [-0.05, 0) is 18.1 Å². The largest absolute Gasteiger partial charge is 0.495 e. The molecule has 0 aliphatic heterocycles. The van der Waals surface area contributed by atoms with Gasteiger partial charge in [-0.25, -0.2) is 0 Å². The number of anilines is 1. The Morgan fingerprint density at radius 1 is 1.35 bits per heavy atom. The summed E-state index contributed by atoms with van der Waals surface area (Å²) in [6.07, 6.45) is 0. The van der Waals surface area contributed by atoms with Gasteiger partial charge in [-0.2, -0.15) is 0 Å². The third kappa shape index (κ3) is 3.88. The highest BCUT2D eigenvalue weighted by Crippen LogP contribution is 2.26. The maximum Gasteiger partial charge on any atom is 0.256 e. The molecule has 0 bridgehead atoms. The highest BCUT2D eigenvalue weighted by Gasteiger charge is 2.21. The number of benzene rings is 1. The zero-order valence-electron chi connectivity index (χ0n) is 12.1. The number of hydrogen-bond acceptors (Lipinski definition) is 4. The van der Waals surface area contributed by atoms with Gasteiger partial charge in [0.1, 0.15) is 5.75 Å². The number of nitrogen functional groups attached to an aromatic ring is 1. The molecule has 1 aromatic rings. The summed E-state index contributed by atoms with van der Waals surface area (Å²) in [7, 11) is 1.48. The molecule has 6 nitrogen and oxygen atoms in total. The molecule has 0 saturated heterocycles. The third-order valence-corrected chi connectivity index (χ3v) is 2.74. The first-order valence-electron chi connectivity index (χ1n) is 6.36. The Hall–Kier alpha value is -2.24. The van der Waals surface area contributed by atoms with Crippen LogP contribution in [0.15, 0.2) is 18.2 Å². The highest BCUT2D eigenvalue weighted by atomic mass is 16.5.